The Hall–Kier alpha value is -0.120. The molecule has 0 bridgehead atoms. The zero-order valence-corrected chi connectivity index (χ0v) is 14.0. The van der Waals surface area contributed by atoms with Crippen molar-refractivity contribution >= 4 is 0 Å². The van der Waals surface area contributed by atoms with Gasteiger partial charge in [-0.05, 0) is 50.0 Å². The molecule has 1 heterocycles. The van der Waals surface area contributed by atoms with Gasteiger partial charge in [-0.3, -0.25) is 4.90 Å². The summed E-state index contributed by atoms with van der Waals surface area (Å²) in [5, 5.41) is 0. The number of ether oxygens (including phenoxy) is 1. The lowest BCUT2D eigenvalue weighted by Gasteiger charge is -2.53. The molecule has 0 amide bonds. The minimum atomic E-state index is 0.182. The van der Waals surface area contributed by atoms with E-state index in [4.69, 9.17) is 10.5 Å². The Kier molecular flexibility index (Phi) is 5.14. The van der Waals surface area contributed by atoms with Crippen LogP contribution < -0.4 is 5.73 Å². The number of nitrogens with two attached hydrogens (primary N) is 1. The normalized spacial score (nSPS) is 37.5. The summed E-state index contributed by atoms with van der Waals surface area (Å²) in [5.41, 5.74) is 6.88. The van der Waals surface area contributed by atoms with Crippen LogP contribution >= 0.6 is 0 Å². The van der Waals surface area contributed by atoms with Gasteiger partial charge in [0.05, 0.1) is 6.10 Å². The Morgan fingerprint density at radius 2 is 2.05 bits per heavy atom. The number of hydrogen-bond acceptors (Lipinski definition) is 3. The first kappa shape index (κ1) is 16.3. The van der Waals surface area contributed by atoms with E-state index in [1.54, 1.807) is 0 Å². The van der Waals surface area contributed by atoms with Crippen molar-refractivity contribution in [3.63, 3.8) is 0 Å². The summed E-state index contributed by atoms with van der Waals surface area (Å²) in [6.07, 6.45) is 6.66. The fourth-order valence-corrected chi connectivity index (χ4v) is 4.92. The fourth-order valence-electron chi connectivity index (χ4n) is 4.92. The minimum absolute atomic E-state index is 0.182. The number of hydrogen-bond donors (Lipinski definition) is 1. The van der Waals surface area contributed by atoms with Gasteiger partial charge in [0.15, 0.2) is 0 Å². The van der Waals surface area contributed by atoms with Crippen LogP contribution in [0.25, 0.3) is 0 Å². The number of rotatable bonds is 5. The zero-order chi connectivity index (χ0) is 14.8. The summed E-state index contributed by atoms with van der Waals surface area (Å²) >= 11 is 0. The van der Waals surface area contributed by atoms with Gasteiger partial charge in [-0.25, -0.2) is 0 Å². The molecule has 3 heteroatoms. The molecule has 1 saturated carbocycles. The molecular formula is C17H34N2O. The quantitative estimate of drug-likeness (QED) is 0.842. The van der Waals surface area contributed by atoms with Gasteiger partial charge in [-0.1, -0.05) is 27.7 Å². The molecule has 3 nitrogen and oxygen atoms in total. The molecule has 3 unspecified atom stereocenters. The van der Waals surface area contributed by atoms with Crippen molar-refractivity contribution in [3.05, 3.63) is 0 Å². The predicted octanol–water partition coefficient (Wildman–Crippen LogP) is 3.03. The van der Waals surface area contributed by atoms with Gasteiger partial charge < -0.3 is 10.5 Å². The molecule has 1 aliphatic heterocycles. The van der Waals surface area contributed by atoms with Crippen molar-refractivity contribution in [2.24, 2.45) is 17.1 Å². The molecule has 118 valence electrons. The van der Waals surface area contributed by atoms with Crippen LogP contribution in [-0.2, 0) is 4.74 Å². The largest absolute Gasteiger partial charge is 0.377 e. The standard InChI is InChI=1S/C17H34N2O/c1-5-19(11-15-7-6-8-20-15)17(13-18)10-14(2)9-16(3,4)12-17/h14-15H,5-13,18H2,1-4H3. The van der Waals surface area contributed by atoms with Crippen molar-refractivity contribution in [2.75, 3.05) is 26.2 Å². The average molecular weight is 282 g/mol. The monoisotopic (exact) mass is 282 g/mol. The maximum atomic E-state index is 6.29. The van der Waals surface area contributed by atoms with E-state index in [-0.39, 0.29) is 5.54 Å². The van der Waals surface area contributed by atoms with Gasteiger partial charge in [0.2, 0.25) is 0 Å². The van der Waals surface area contributed by atoms with E-state index in [0.29, 0.717) is 11.5 Å². The number of likely N-dealkylation sites (N-methyl/N-ethyl adjacent to an activating group) is 1. The van der Waals surface area contributed by atoms with Crippen molar-refractivity contribution in [1.82, 2.24) is 4.90 Å². The van der Waals surface area contributed by atoms with Crippen LogP contribution in [0.2, 0.25) is 0 Å². The highest BCUT2D eigenvalue weighted by atomic mass is 16.5. The Labute approximate surface area is 125 Å². The van der Waals surface area contributed by atoms with E-state index < -0.39 is 0 Å². The first-order valence-corrected chi connectivity index (χ1v) is 8.47. The summed E-state index contributed by atoms with van der Waals surface area (Å²) < 4.78 is 5.86. The van der Waals surface area contributed by atoms with Crippen molar-refractivity contribution in [1.29, 1.82) is 0 Å². The van der Waals surface area contributed by atoms with Crippen LogP contribution in [0.3, 0.4) is 0 Å². The van der Waals surface area contributed by atoms with Gasteiger partial charge in [0, 0.05) is 25.2 Å². The first-order chi connectivity index (χ1) is 9.41. The second kappa shape index (κ2) is 6.33. The van der Waals surface area contributed by atoms with E-state index in [9.17, 15) is 0 Å². The maximum absolute atomic E-state index is 6.29. The van der Waals surface area contributed by atoms with E-state index in [2.05, 4.69) is 32.6 Å². The summed E-state index contributed by atoms with van der Waals surface area (Å²) in [6, 6.07) is 0. The molecule has 0 spiro atoms. The van der Waals surface area contributed by atoms with Gasteiger partial charge in [-0.15, -0.1) is 0 Å². The Morgan fingerprint density at radius 3 is 2.55 bits per heavy atom. The molecule has 2 aliphatic rings. The zero-order valence-electron chi connectivity index (χ0n) is 14.0. The molecular weight excluding hydrogens is 248 g/mol. The molecule has 1 aliphatic carbocycles. The Morgan fingerprint density at radius 1 is 1.30 bits per heavy atom. The maximum Gasteiger partial charge on any atom is 0.0703 e. The molecule has 2 rings (SSSR count). The van der Waals surface area contributed by atoms with Crippen molar-refractivity contribution < 1.29 is 4.74 Å². The summed E-state index contributed by atoms with van der Waals surface area (Å²) in [4.78, 5) is 2.64. The van der Waals surface area contributed by atoms with Crippen LogP contribution in [0.5, 0.6) is 0 Å². The van der Waals surface area contributed by atoms with Crippen LogP contribution in [0, 0.1) is 11.3 Å². The predicted molar refractivity (Wildman–Crippen MR) is 84.8 cm³/mol. The topological polar surface area (TPSA) is 38.5 Å². The van der Waals surface area contributed by atoms with Crippen molar-refractivity contribution in [2.45, 2.75) is 71.4 Å². The lowest BCUT2D eigenvalue weighted by Crippen LogP contribution is -2.60. The van der Waals surface area contributed by atoms with E-state index in [0.717, 1.165) is 32.2 Å². The third-order valence-corrected chi connectivity index (χ3v) is 5.32. The summed E-state index contributed by atoms with van der Waals surface area (Å²) in [5.74, 6) is 0.765. The highest BCUT2D eigenvalue weighted by Gasteiger charge is 2.45. The highest BCUT2D eigenvalue weighted by molar-refractivity contribution is 5.01. The average Bonchev–Trinajstić information content (AvgIpc) is 2.86. The lowest BCUT2D eigenvalue weighted by atomic mass is 9.63. The first-order valence-electron chi connectivity index (χ1n) is 8.47. The number of nitrogens with zero attached hydrogens (tertiary/aromatic N) is 1. The molecule has 0 aromatic carbocycles. The van der Waals surface area contributed by atoms with Gasteiger partial charge in [0.1, 0.15) is 0 Å². The molecule has 3 atom stereocenters. The lowest BCUT2D eigenvalue weighted by molar-refractivity contribution is -0.0348. The Bertz CT molecular complexity index is 312. The molecule has 1 saturated heterocycles. The Balaban J connectivity index is 2.13. The second-order valence-corrected chi connectivity index (χ2v) is 7.96. The summed E-state index contributed by atoms with van der Waals surface area (Å²) in [7, 11) is 0. The molecule has 2 N–H and O–H groups in total. The van der Waals surface area contributed by atoms with Gasteiger partial charge in [-0.2, -0.15) is 0 Å². The van der Waals surface area contributed by atoms with Crippen LogP contribution in [-0.4, -0.2) is 42.8 Å². The second-order valence-electron chi connectivity index (χ2n) is 7.96. The van der Waals surface area contributed by atoms with Crippen LogP contribution in [0.1, 0.15) is 59.8 Å². The minimum Gasteiger partial charge on any atom is -0.377 e. The third-order valence-electron chi connectivity index (χ3n) is 5.32. The molecule has 0 aromatic heterocycles. The van der Waals surface area contributed by atoms with Crippen LogP contribution in [0.4, 0.5) is 0 Å². The molecule has 0 aromatic rings. The van der Waals surface area contributed by atoms with Gasteiger partial charge in [0.25, 0.3) is 0 Å². The van der Waals surface area contributed by atoms with Crippen molar-refractivity contribution in [3.8, 4) is 0 Å². The van der Waals surface area contributed by atoms with E-state index >= 15 is 0 Å². The third kappa shape index (κ3) is 3.55. The SMILES string of the molecule is CCN(CC1CCCO1)C1(CN)CC(C)CC(C)(C)C1. The highest BCUT2D eigenvalue weighted by Crippen LogP contribution is 2.46. The van der Waals surface area contributed by atoms with E-state index in [1.807, 2.05) is 0 Å². The summed E-state index contributed by atoms with van der Waals surface area (Å²) in [6.45, 7) is 13.4. The fraction of sp³-hybridized carbons (Fsp3) is 1.00. The molecule has 2 fully saturated rings. The van der Waals surface area contributed by atoms with E-state index in [1.165, 1.54) is 32.1 Å². The molecule has 0 radical (unpaired) electrons. The van der Waals surface area contributed by atoms with Crippen LogP contribution in [0.15, 0.2) is 0 Å². The molecule has 20 heavy (non-hydrogen) atoms. The van der Waals surface area contributed by atoms with Gasteiger partial charge >= 0.3 is 0 Å². The smallest absolute Gasteiger partial charge is 0.0703 e.